The third-order valence-corrected chi connectivity index (χ3v) is 6.49. The molecule has 0 spiro atoms. The summed E-state index contributed by atoms with van der Waals surface area (Å²) in [6.45, 7) is 4.02. The second kappa shape index (κ2) is 10.3. The van der Waals surface area contributed by atoms with E-state index in [9.17, 15) is 4.79 Å². The van der Waals surface area contributed by atoms with Crippen molar-refractivity contribution < 1.29 is 9.53 Å². The van der Waals surface area contributed by atoms with E-state index in [1.807, 2.05) is 74.1 Å². The molecule has 194 valence electrons. The number of benzene rings is 3. The molecule has 0 aliphatic carbocycles. The third kappa shape index (κ3) is 5.15. The van der Waals surface area contributed by atoms with Crippen molar-refractivity contribution in [2.24, 2.45) is 7.05 Å². The quantitative estimate of drug-likeness (QED) is 0.282. The summed E-state index contributed by atoms with van der Waals surface area (Å²) in [6, 6.07) is 22.9. The van der Waals surface area contributed by atoms with Gasteiger partial charge in [-0.25, -0.2) is 4.98 Å². The van der Waals surface area contributed by atoms with Gasteiger partial charge in [0.25, 0.3) is 5.91 Å². The van der Waals surface area contributed by atoms with Crippen molar-refractivity contribution >= 4 is 28.6 Å². The van der Waals surface area contributed by atoms with Crippen molar-refractivity contribution in [2.75, 3.05) is 19.4 Å². The van der Waals surface area contributed by atoms with Crippen LogP contribution in [0.1, 0.15) is 27.0 Å². The van der Waals surface area contributed by atoms with Crippen LogP contribution in [-0.2, 0) is 7.05 Å². The van der Waals surface area contributed by atoms with Crippen molar-refractivity contribution in [1.29, 1.82) is 5.26 Å². The van der Waals surface area contributed by atoms with Gasteiger partial charge in [0.1, 0.15) is 11.3 Å². The van der Waals surface area contributed by atoms with Crippen LogP contribution in [0, 0.1) is 25.2 Å². The van der Waals surface area contributed by atoms with E-state index in [4.69, 9.17) is 15.0 Å². The maximum atomic E-state index is 12.2. The summed E-state index contributed by atoms with van der Waals surface area (Å²) < 4.78 is 8.41. The van der Waals surface area contributed by atoms with Gasteiger partial charge in [0, 0.05) is 38.6 Å². The predicted octanol–water partition coefficient (Wildman–Crippen LogP) is 6.36. The van der Waals surface area contributed by atoms with Gasteiger partial charge in [-0.2, -0.15) is 10.2 Å². The van der Waals surface area contributed by atoms with Gasteiger partial charge in [-0.05, 0) is 90.7 Å². The van der Waals surface area contributed by atoms with Gasteiger partial charge in [0.05, 0.1) is 17.1 Å². The number of carbonyl (C=O) groups is 1. The van der Waals surface area contributed by atoms with E-state index in [1.54, 1.807) is 31.1 Å². The van der Waals surface area contributed by atoms with Crippen LogP contribution in [0.25, 0.3) is 22.2 Å². The van der Waals surface area contributed by atoms with E-state index in [1.165, 1.54) is 0 Å². The van der Waals surface area contributed by atoms with E-state index in [2.05, 4.69) is 28.5 Å². The fourth-order valence-electron chi connectivity index (χ4n) is 4.48. The standard InChI is InChI=1S/C31H28N6O2/c1-19-16-24(22-8-10-23(11-9-22)30(38)36(3)4)17-20(2)28(19)39-29-27-26(14-15-37(27)5)34-31(35-29)33-25-12-6-21(18-32)7-13-25/h6-17H,1-5H3,(H,33,34,35). The number of fused-ring (bicyclic) bond motifs is 1. The van der Waals surface area contributed by atoms with Crippen LogP contribution in [0.2, 0.25) is 0 Å². The average Bonchev–Trinajstić information content (AvgIpc) is 3.31. The van der Waals surface area contributed by atoms with Crippen LogP contribution in [0.3, 0.4) is 0 Å². The maximum Gasteiger partial charge on any atom is 0.253 e. The lowest BCUT2D eigenvalue weighted by atomic mass is 9.98. The van der Waals surface area contributed by atoms with Gasteiger partial charge < -0.3 is 19.5 Å². The molecule has 2 aromatic heterocycles. The summed E-state index contributed by atoms with van der Waals surface area (Å²) in [6.07, 6.45) is 1.92. The summed E-state index contributed by atoms with van der Waals surface area (Å²) in [5, 5.41) is 12.3. The maximum absolute atomic E-state index is 12.2. The minimum absolute atomic E-state index is 0.0254. The lowest BCUT2D eigenvalue weighted by Gasteiger charge is -2.16. The Morgan fingerprint density at radius 2 is 1.62 bits per heavy atom. The Bertz CT molecular complexity index is 1710. The van der Waals surface area contributed by atoms with Gasteiger partial charge in [-0.15, -0.1) is 0 Å². The number of aromatic nitrogens is 3. The average molecular weight is 517 g/mol. The molecule has 0 aliphatic rings. The monoisotopic (exact) mass is 516 g/mol. The molecule has 8 nitrogen and oxygen atoms in total. The van der Waals surface area contributed by atoms with Crippen LogP contribution in [0.15, 0.2) is 72.9 Å². The molecule has 0 aliphatic heterocycles. The normalized spacial score (nSPS) is 10.8. The number of hydrogen-bond donors (Lipinski definition) is 1. The van der Waals surface area contributed by atoms with Crippen molar-refractivity contribution in [2.45, 2.75) is 13.8 Å². The van der Waals surface area contributed by atoms with Gasteiger partial charge in [-0.1, -0.05) is 12.1 Å². The molecular weight excluding hydrogens is 488 g/mol. The minimum atomic E-state index is -0.0254. The lowest BCUT2D eigenvalue weighted by molar-refractivity contribution is 0.0827. The predicted molar refractivity (Wildman–Crippen MR) is 152 cm³/mol. The molecule has 1 N–H and O–H groups in total. The van der Waals surface area contributed by atoms with Crippen molar-refractivity contribution in [3.8, 4) is 28.8 Å². The number of nitrogens with zero attached hydrogens (tertiary/aromatic N) is 5. The second-order valence-electron chi connectivity index (χ2n) is 9.65. The lowest BCUT2D eigenvalue weighted by Crippen LogP contribution is -2.21. The zero-order valence-corrected chi connectivity index (χ0v) is 22.5. The second-order valence-corrected chi connectivity index (χ2v) is 9.65. The van der Waals surface area contributed by atoms with Gasteiger partial charge in [0.15, 0.2) is 0 Å². The van der Waals surface area contributed by atoms with Gasteiger partial charge in [0.2, 0.25) is 11.8 Å². The Morgan fingerprint density at radius 1 is 0.949 bits per heavy atom. The fraction of sp³-hybridized carbons (Fsp3) is 0.161. The van der Waals surface area contributed by atoms with E-state index in [0.29, 0.717) is 23.0 Å². The first-order chi connectivity index (χ1) is 18.7. The summed E-state index contributed by atoms with van der Waals surface area (Å²) in [5.74, 6) is 1.54. The molecule has 0 fully saturated rings. The van der Waals surface area contributed by atoms with Crippen LogP contribution in [0.4, 0.5) is 11.6 Å². The first kappa shape index (κ1) is 25.5. The Morgan fingerprint density at radius 3 is 2.23 bits per heavy atom. The number of ether oxygens (including phenoxy) is 1. The molecule has 0 bridgehead atoms. The molecule has 3 aromatic carbocycles. The summed E-state index contributed by atoms with van der Waals surface area (Å²) >= 11 is 0. The number of nitriles is 1. The van der Waals surface area contributed by atoms with E-state index >= 15 is 0 Å². The largest absolute Gasteiger partial charge is 0.436 e. The highest BCUT2D eigenvalue weighted by Crippen LogP contribution is 2.36. The SMILES string of the molecule is Cc1cc(-c2ccc(C(=O)N(C)C)cc2)cc(C)c1Oc1nc(Nc2ccc(C#N)cc2)nc2ccn(C)c12. The fourth-order valence-corrected chi connectivity index (χ4v) is 4.48. The van der Waals surface area contributed by atoms with Gasteiger partial charge in [-0.3, -0.25) is 4.79 Å². The Labute approximate surface area is 227 Å². The Hall–Kier alpha value is -5.16. The molecule has 1 amide bonds. The molecule has 0 unspecified atom stereocenters. The molecule has 0 radical (unpaired) electrons. The molecule has 0 saturated heterocycles. The molecule has 2 heterocycles. The van der Waals surface area contributed by atoms with E-state index in [0.717, 1.165) is 44.7 Å². The number of hydrogen-bond acceptors (Lipinski definition) is 6. The Kier molecular flexibility index (Phi) is 6.73. The highest BCUT2D eigenvalue weighted by Gasteiger charge is 2.17. The van der Waals surface area contributed by atoms with Crippen molar-refractivity contribution in [3.63, 3.8) is 0 Å². The number of anilines is 2. The molecule has 39 heavy (non-hydrogen) atoms. The van der Waals surface area contributed by atoms with Crippen molar-refractivity contribution in [1.82, 2.24) is 19.4 Å². The van der Waals surface area contributed by atoms with Crippen LogP contribution in [0.5, 0.6) is 11.6 Å². The number of rotatable bonds is 6. The van der Waals surface area contributed by atoms with Crippen LogP contribution >= 0.6 is 0 Å². The molecule has 5 aromatic rings. The molecule has 5 rings (SSSR count). The molecular formula is C31H28N6O2. The van der Waals surface area contributed by atoms with E-state index < -0.39 is 0 Å². The van der Waals surface area contributed by atoms with E-state index in [-0.39, 0.29) is 5.91 Å². The highest BCUT2D eigenvalue weighted by molar-refractivity contribution is 5.94. The first-order valence-corrected chi connectivity index (χ1v) is 12.4. The molecule has 8 heteroatoms. The number of aryl methyl sites for hydroxylation is 3. The third-order valence-electron chi connectivity index (χ3n) is 6.49. The minimum Gasteiger partial charge on any atom is -0.436 e. The summed E-state index contributed by atoms with van der Waals surface area (Å²) in [5.41, 5.74) is 7.50. The number of amides is 1. The number of nitrogens with one attached hydrogen (secondary N) is 1. The smallest absolute Gasteiger partial charge is 0.253 e. The molecule has 0 saturated carbocycles. The summed E-state index contributed by atoms with van der Waals surface area (Å²) in [4.78, 5) is 23.2. The van der Waals surface area contributed by atoms with Crippen LogP contribution < -0.4 is 10.1 Å². The number of carbonyl (C=O) groups excluding carboxylic acids is 1. The topological polar surface area (TPSA) is 96.1 Å². The first-order valence-electron chi connectivity index (χ1n) is 12.4. The zero-order chi connectivity index (χ0) is 27.7. The molecule has 0 atom stereocenters. The zero-order valence-electron chi connectivity index (χ0n) is 22.5. The highest BCUT2D eigenvalue weighted by atomic mass is 16.5. The van der Waals surface area contributed by atoms with Crippen molar-refractivity contribution in [3.05, 3.63) is 95.2 Å². The summed E-state index contributed by atoms with van der Waals surface area (Å²) in [7, 11) is 5.42. The van der Waals surface area contributed by atoms with Crippen LogP contribution in [-0.4, -0.2) is 39.4 Å². The Balaban J connectivity index is 1.47. The van der Waals surface area contributed by atoms with Gasteiger partial charge >= 0.3 is 0 Å².